The second-order valence-electron chi connectivity index (χ2n) is 7.52. The topological polar surface area (TPSA) is 78.9 Å². The van der Waals surface area contributed by atoms with Crippen molar-refractivity contribution >= 4 is 11.9 Å². The number of piperidine rings is 1. The first-order valence-corrected chi connectivity index (χ1v) is 9.64. The predicted octanol–water partition coefficient (Wildman–Crippen LogP) is 3.05. The van der Waals surface area contributed by atoms with E-state index in [2.05, 4.69) is 41.1 Å². The number of hydrogen-bond donors (Lipinski definition) is 2. The molecule has 1 unspecified atom stereocenters. The molecule has 1 aromatic rings. The van der Waals surface area contributed by atoms with Crippen molar-refractivity contribution in [1.82, 2.24) is 10.2 Å². The lowest BCUT2D eigenvalue weighted by molar-refractivity contribution is -0.192. The van der Waals surface area contributed by atoms with Crippen molar-refractivity contribution in [3.05, 3.63) is 48.0 Å². The molecule has 0 radical (unpaired) electrons. The van der Waals surface area contributed by atoms with Gasteiger partial charge in [0.15, 0.2) is 0 Å². The van der Waals surface area contributed by atoms with Crippen molar-refractivity contribution < 1.29 is 32.6 Å². The number of ether oxygens (including phenoxy) is 1. The normalized spacial score (nSPS) is 20.1. The molecule has 1 aliphatic heterocycles. The first-order chi connectivity index (χ1) is 14.1. The smallest absolute Gasteiger partial charge is 0.475 e. The molecule has 3 rings (SSSR count). The van der Waals surface area contributed by atoms with E-state index < -0.39 is 12.1 Å². The third kappa shape index (κ3) is 5.82. The summed E-state index contributed by atoms with van der Waals surface area (Å²) in [5.41, 5.74) is 2.93. The number of benzene rings is 1. The monoisotopic (exact) mass is 428 g/mol. The number of nitrogens with zero attached hydrogens (tertiary/aromatic N) is 1. The number of likely N-dealkylation sites (tertiary alicyclic amines) is 1. The van der Waals surface area contributed by atoms with Crippen LogP contribution >= 0.6 is 0 Å². The van der Waals surface area contributed by atoms with Crippen LogP contribution in [-0.4, -0.2) is 61.4 Å². The Balaban J connectivity index is 0.000000396. The Bertz CT molecular complexity index is 759. The van der Waals surface area contributed by atoms with Crippen LogP contribution in [0.5, 0.6) is 0 Å². The largest absolute Gasteiger partial charge is 0.490 e. The molecule has 1 heterocycles. The number of hydrogen-bond acceptors (Lipinski definition) is 4. The van der Waals surface area contributed by atoms with Gasteiger partial charge in [-0.3, -0.25) is 9.69 Å². The number of halogens is 3. The molecule has 1 spiro atoms. The molecule has 0 bridgehead atoms. The van der Waals surface area contributed by atoms with E-state index in [0.29, 0.717) is 0 Å². The molecule has 6 nitrogen and oxygen atoms in total. The van der Waals surface area contributed by atoms with Crippen LogP contribution in [0.2, 0.25) is 0 Å². The second-order valence-corrected chi connectivity index (χ2v) is 7.52. The van der Waals surface area contributed by atoms with Crippen LogP contribution in [0.25, 0.3) is 0 Å². The molecule has 1 saturated heterocycles. The van der Waals surface area contributed by atoms with E-state index in [1.165, 1.54) is 11.1 Å². The quantitative estimate of drug-likeness (QED) is 0.705. The van der Waals surface area contributed by atoms with Crippen molar-refractivity contribution in [2.24, 2.45) is 0 Å². The van der Waals surface area contributed by atoms with Crippen molar-refractivity contribution in [2.75, 3.05) is 33.4 Å². The Kier molecular flexibility index (Phi) is 8.03. The maximum absolute atomic E-state index is 12.0. The highest BCUT2D eigenvalue weighted by atomic mass is 19.4. The van der Waals surface area contributed by atoms with Gasteiger partial charge in [-0.2, -0.15) is 13.2 Å². The van der Waals surface area contributed by atoms with Gasteiger partial charge in [0, 0.05) is 19.1 Å². The highest BCUT2D eigenvalue weighted by molar-refractivity contribution is 5.78. The van der Waals surface area contributed by atoms with Crippen molar-refractivity contribution in [2.45, 2.75) is 36.9 Å². The van der Waals surface area contributed by atoms with E-state index in [-0.39, 0.29) is 24.0 Å². The van der Waals surface area contributed by atoms with Gasteiger partial charge in [0.25, 0.3) is 0 Å². The molecule has 1 aliphatic carbocycles. The zero-order valence-corrected chi connectivity index (χ0v) is 16.9. The number of amides is 1. The van der Waals surface area contributed by atoms with E-state index in [1.807, 2.05) is 6.08 Å². The Morgan fingerprint density at radius 2 is 1.93 bits per heavy atom. The average Bonchev–Trinajstić information content (AvgIpc) is 2.97. The Morgan fingerprint density at radius 1 is 1.33 bits per heavy atom. The van der Waals surface area contributed by atoms with Crippen LogP contribution in [-0.2, 0) is 19.7 Å². The molecule has 1 atom stereocenters. The predicted molar refractivity (Wildman–Crippen MR) is 105 cm³/mol. The first-order valence-electron chi connectivity index (χ1n) is 9.64. The number of rotatable bonds is 5. The molecule has 1 amide bonds. The molecule has 166 valence electrons. The highest BCUT2D eigenvalue weighted by Gasteiger charge is 2.45. The Morgan fingerprint density at radius 3 is 2.47 bits per heavy atom. The number of fused-ring (bicyclic) bond motifs is 2. The summed E-state index contributed by atoms with van der Waals surface area (Å²) >= 11 is 0. The molecular weight excluding hydrogens is 401 g/mol. The van der Waals surface area contributed by atoms with Crippen molar-refractivity contribution in [3.8, 4) is 0 Å². The van der Waals surface area contributed by atoms with Crippen molar-refractivity contribution in [1.29, 1.82) is 0 Å². The summed E-state index contributed by atoms with van der Waals surface area (Å²) < 4.78 is 36.7. The van der Waals surface area contributed by atoms with Crippen molar-refractivity contribution in [3.63, 3.8) is 0 Å². The molecular formula is C21H27F3N2O4. The molecule has 0 aromatic heterocycles. The first kappa shape index (κ1) is 23.9. The summed E-state index contributed by atoms with van der Waals surface area (Å²) in [6.07, 6.45) is 0.196. The van der Waals surface area contributed by atoms with Gasteiger partial charge < -0.3 is 15.2 Å². The fourth-order valence-electron chi connectivity index (χ4n) is 4.21. The standard InChI is InChI=1S/C19H26N2O2.C2HF3O2/c1-3-10-21-11-8-19(9-12-21)13-17(20-18(22)14-23-2)15-6-4-5-7-16(15)19;3-2(4,5)1(6)7/h3-7,17H,1,8-14H2,2H3,(H,20,22);(H,6,7). The maximum atomic E-state index is 12.0. The van der Waals surface area contributed by atoms with Crippen LogP contribution in [0.15, 0.2) is 36.9 Å². The summed E-state index contributed by atoms with van der Waals surface area (Å²) in [4.78, 5) is 23.3. The van der Waals surface area contributed by atoms with Crippen LogP contribution in [0, 0.1) is 0 Å². The highest BCUT2D eigenvalue weighted by Crippen LogP contribution is 2.50. The third-order valence-electron chi connectivity index (χ3n) is 5.56. The second kappa shape index (κ2) is 10.1. The molecule has 30 heavy (non-hydrogen) atoms. The van der Waals surface area contributed by atoms with Gasteiger partial charge in [-0.05, 0) is 43.5 Å². The number of nitrogens with one attached hydrogen (secondary N) is 1. The number of methoxy groups -OCH3 is 1. The van der Waals surface area contributed by atoms with Crippen LogP contribution < -0.4 is 5.32 Å². The minimum Gasteiger partial charge on any atom is -0.475 e. The van der Waals surface area contributed by atoms with Gasteiger partial charge in [-0.1, -0.05) is 30.3 Å². The van der Waals surface area contributed by atoms with Crippen LogP contribution in [0.4, 0.5) is 13.2 Å². The lowest BCUT2D eigenvalue weighted by Gasteiger charge is -2.40. The van der Waals surface area contributed by atoms with E-state index in [9.17, 15) is 18.0 Å². The van der Waals surface area contributed by atoms with E-state index in [4.69, 9.17) is 14.6 Å². The zero-order valence-electron chi connectivity index (χ0n) is 16.9. The number of carbonyl (C=O) groups is 2. The number of aliphatic carboxylic acids is 1. The molecule has 1 aromatic carbocycles. The molecule has 2 N–H and O–H groups in total. The Hall–Kier alpha value is -2.39. The SMILES string of the molecule is C=CCN1CCC2(CC1)CC(NC(=O)COC)c1ccccc12.O=C(O)C(F)(F)F. The van der Waals surface area contributed by atoms with Gasteiger partial charge in [0.1, 0.15) is 6.61 Å². The fraction of sp³-hybridized carbons (Fsp3) is 0.524. The molecule has 9 heteroatoms. The number of carbonyl (C=O) groups excluding carboxylic acids is 1. The van der Waals surface area contributed by atoms with Crippen LogP contribution in [0.3, 0.4) is 0 Å². The Labute approximate surface area is 173 Å². The van der Waals surface area contributed by atoms with E-state index in [0.717, 1.165) is 38.9 Å². The number of alkyl halides is 3. The maximum Gasteiger partial charge on any atom is 0.490 e. The summed E-state index contributed by atoms with van der Waals surface area (Å²) in [6.45, 7) is 7.12. The number of carboxylic acids is 1. The van der Waals surface area contributed by atoms with E-state index >= 15 is 0 Å². The summed E-state index contributed by atoms with van der Waals surface area (Å²) in [6, 6.07) is 8.72. The van der Waals surface area contributed by atoms with Crippen LogP contribution in [0.1, 0.15) is 36.4 Å². The zero-order chi connectivity index (χ0) is 22.4. The summed E-state index contributed by atoms with van der Waals surface area (Å²) in [5.74, 6) is -2.79. The minimum absolute atomic E-state index is 0.0338. The van der Waals surface area contributed by atoms with Gasteiger partial charge in [0.05, 0.1) is 6.04 Å². The molecule has 1 fully saturated rings. The van der Waals surface area contributed by atoms with E-state index in [1.54, 1.807) is 7.11 Å². The summed E-state index contributed by atoms with van der Waals surface area (Å²) in [7, 11) is 1.55. The van der Waals surface area contributed by atoms with Gasteiger partial charge in [-0.15, -0.1) is 6.58 Å². The molecule has 0 saturated carbocycles. The third-order valence-corrected chi connectivity index (χ3v) is 5.56. The average molecular weight is 428 g/mol. The van der Waals surface area contributed by atoms with Gasteiger partial charge in [0.2, 0.25) is 5.91 Å². The summed E-state index contributed by atoms with van der Waals surface area (Å²) in [5, 5.41) is 10.3. The minimum atomic E-state index is -5.08. The fourth-order valence-corrected chi connectivity index (χ4v) is 4.21. The van der Waals surface area contributed by atoms with Gasteiger partial charge >= 0.3 is 12.1 Å². The van der Waals surface area contributed by atoms with Gasteiger partial charge in [-0.25, -0.2) is 4.79 Å². The lowest BCUT2D eigenvalue weighted by Crippen LogP contribution is -2.42. The number of carboxylic acid groups (broad SMARTS) is 1. The molecule has 2 aliphatic rings. The lowest BCUT2D eigenvalue weighted by atomic mass is 9.73.